The highest BCUT2D eigenvalue weighted by molar-refractivity contribution is 6.08. The molecule has 1 aromatic heterocycles. The number of hydrogen-bond acceptors (Lipinski definition) is 4. The van der Waals surface area contributed by atoms with Crippen molar-refractivity contribution in [3.8, 4) is 0 Å². The fourth-order valence-electron chi connectivity index (χ4n) is 2.94. The lowest BCUT2D eigenvalue weighted by molar-refractivity contribution is 0.102. The Morgan fingerprint density at radius 1 is 0.846 bits per heavy atom. The minimum atomic E-state index is -0.178. The summed E-state index contributed by atoms with van der Waals surface area (Å²) in [5.74, 6) is 0.302. The molecule has 1 heterocycles. The van der Waals surface area contributed by atoms with E-state index in [1.165, 1.54) is 0 Å². The molecule has 0 bridgehead atoms. The summed E-state index contributed by atoms with van der Waals surface area (Å²) in [7, 11) is 0. The largest absolute Gasteiger partial charge is 0.323 e. The van der Waals surface area contributed by atoms with E-state index in [2.05, 4.69) is 26.7 Å². The van der Waals surface area contributed by atoms with Crippen LogP contribution in [-0.4, -0.2) is 15.9 Å². The predicted molar refractivity (Wildman–Crippen MR) is 105 cm³/mol. The fraction of sp³-hybridized carbons (Fsp3) is 0.190. The van der Waals surface area contributed by atoms with E-state index < -0.39 is 0 Å². The molecule has 132 valence electrons. The summed E-state index contributed by atoms with van der Waals surface area (Å²) in [6, 6.07) is 15.2. The molecule has 0 aliphatic heterocycles. The van der Waals surface area contributed by atoms with Crippen LogP contribution in [0.2, 0.25) is 0 Å². The lowest BCUT2D eigenvalue weighted by Gasteiger charge is -2.12. The third kappa shape index (κ3) is 4.25. The highest BCUT2D eigenvalue weighted by atomic mass is 16.1. The first-order valence-electron chi connectivity index (χ1n) is 8.49. The van der Waals surface area contributed by atoms with Gasteiger partial charge in [0, 0.05) is 17.1 Å². The fourth-order valence-corrected chi connectivity index (χ4v) is 2.94. The molecule has 2 N–H and O–H groups in total. The minimum absolute atomic E-state index is 0.178. The normalized spacial score (nSPS) is 10.5. The minimum Gasteiger partial charge on any atom is -0.323 e. The number of nitrogens with one attached hydrogen (secondary N) is 2. The highest BCUT2D eigenvalue weighted by Gasteiger charge is 2.13. The molecule has 26 heavy (non-hydrogen) atoms. The molecular weight excluding hydrogens is 324 g/mol. The molecule has 3 rings (SSSR count). The van der Waals surface area contributed by atoms with Crippen molar-refractivity contribution >= 4 is 23.2 Å². The Labute approximate surface area is 153 Å². The second kappa shape index (κ2) is 7.35. The molecule has 1 amide bonds. The van der Waals surface area contributed by atoms with Crippen LogP contribution in [-0.2, 0) is 0 Å². The van der Waals surface area contributed by atoms with Gasteiger partial charge in [-0.25, -0.2) is 9.97 Å². The number of anilines is 3. The summed E-state index contributed by atoms with van der Waals surface area (Å²) in [6.45, 7) is 7.85. The Kier molecular flexibility index (Phi) is 4.98. The van der Waals surface area contributed by atoms with Crippen LogP contribution in [0.15, 0.2) is 48.5 Å². The number of nitrogens with zero attached hydrogens (tertiary/aromatic N) is 2. The first kappa shape index (κ1) is 17.6. The number of para-hydroxylation sites is 1. The molecule has 0 unspecified atom stereocenters. The highest BCUT2D eigenvalue weighted by Crippen LogP contribution is 2.21. The lowest BCUT2D eigenvalue weighted by Crippen LogP contribution is -2.14. The van der Waals surface area contributed by atoms with Gasteiger partial charge in [0.25, 0.3) is 5.91 Å². The van der Waals surface area contributed by atoms with Crippen molar-refractivity contribution in [2.24, 2.45) is 0 Å². The average molecular weight is 346 g/mol. The van der Waals surface area contributed by atoms with Gasteiger partial charge in [-0.2, -0.15) is 0 Å². The number of carbonyl (C=O) groups excluding carboxylic acids is 1. The first-order valence-corrected chi connectivity index (χ1v) is 8.49. The third-order valence-electron chi connectivity index (χ3n) is 3.88. The first-order chi connectivity index (χ1) is 12.4. The quantitative estimate of drug-likeness (QED) is 0.718. The van der Waals surface area contributed by atoms with Gasteiger partial charge in [-0.3, -0.25) is 4.79 Å². The Morgan fingerprint density at radius 3 is 2.12 bits per heavy atom. The van der Waals surface area contributed by atoms with Gasteiger partial charge in [-0.05, 0) is 69.2 Å². The number of carbonyl (C=O) groups is 1. The van der Waals surface area contributed by atoms with E-state index in [4.69, 9.17) is 0 Å². The van der Waals surface area contributed by atoms with E-state index in [9.17, 15) is 4.79 Å². The van der Waals surface area contributed by atoms with Gasteiger partial charge in [0.15, 0.2) is 0 Å². The van der Waals surface area contributed by atoms with Crippen LogP contribution in [0.1, 0.15) is 32.9 Å². The number of benzene rings is 2. The molecule has 0 aliphatic rings. The van der Waals surface area contributed by atoms with Crippen molar-refractivity contribution in [1.82, 2.24) is 9.97 Å². The van der Waals surface area contributed by atoms with E-state index in [0.717, 1.165) is 28.2 Å². The van der Waals surface area contributed by atoms with E-state index >= 15 is 0 Å². The molecular formula is C21H22N4O. The molecule has 5 heteroatoms. The molecule has 3 aromatic rings. The van der Waals surface area contributed by atoms with Gasteiger partial charge in [0.1, 0.15) is 0 Å². The van der Waals surface area contributed by atoms with Crippen molar-refractivity contribution in [1.29, 1.82) is 0 Å². The van der Waals surface area contributed by atoms with Gasteiger partial charge in [0.2, 0.25) is 5.95 Å². The van der Waals surface area contributed by atoms with Crippen LogP contribution < -0.4 is 10.6 Å². The molecule has 0 radical (unpaired) electrons. The number of rotatable bonds is 4. The maximum Gasteiger partial charge on any atom is 0.257 e. The van der Waals surface area contributed by atoms with Crippen molar-refractivity contribution < 1.29 is 4.79 Å². The third-order valence-corrected chi connectivity index (χ3v) is 3.88. The van der Waals surface area contributed by atoms with Gasteiger partial charge in [0.05, 0.1) is 11.3 Å². The second-order valence-corrected chi connectivity index (χ2v) is 6.48. The zero-order chi connectivity index (χ0) is 18.7. The molecule has 5 nitrogen and oxygen atoms in total. The molecule has 0 saturated heterocycles. The average Bonchev–Trinajstić information content (AvgIpc) is 2.53. The Morgan fingerprint density at radius 2 is 1.46 bits per heavy atom. The monoisotopic (exact) mass is 346 g/mol. The van der Waals surface area contributed by atoms with E-state index in [-0.39, 0.29) is 5.91 Å². The number of hydrogen-bond donors (Lipinski definition) is 2. The van der Waals surface area contributed by atoms with E-state index in [1.807, 2.05) is 64.1 Å². The molecule has 2 aromatic carbocycles. The molecule has 0 fully saturated rings. The van der Waals surface area contributed by atoms with Crippen molar-refractivity contribution in [2.45, 2.75) is 27.7 Å². The second-order valence-electron chi connectivity index (χ2n) is 6.48. The summed E-state index contributed by atoms with van der Waals surface area (Å²) >= 11 is 0. The van der Waals surface area contributed by atoms with Gasteiger partial charge in [-0.15, -0.1) is 0 Å². The van der Waals surface area contributed by atoms with Gasteiger partial charge >= 0.3 is 0 Å². The molecule has 0 aliphatic carbocycles. The predicted octanol–water partition coefficient (Wildman–Crippen LogP) is 4.71. The van der Waals surface area contributed by atoms with E-state index in [0.29, 0.717) is 17.2 Å². The van der Waals surface area contributed by atoms with Gasteiger partial charge in [-0.1, -0.05) is 18.2 Å². The SMILES string of the molecule is Cc1cc(C)cc(NC(=O)c2ccccc2Nc2nc(C)cc(C)n2)c1. The van der Waals surface area contributed by atoms with Crippen LogP contribution in [0.4, 0.5) is 17.3 Å². The zero-order valence-corrected chi connectivity index (χ0v) is 15.4. The number of aryl methyl sites for hydroxylation is 4. The van der Waals surface area contributed by atoms with Crippen molar-refractivity contribution in [2.75, 3.05) is 10.6 Å². The van der Waals surface area contributed by atoms with Crippen LogP contribution >= 0.6 is 0 Å². The Balaban J connectivity index is 1.87. The van der Waals surface area contributed by atoms with Crippen molar-refractivity contribution in [3.63, 3.8) is 0 Å². The molecule has 0 saturated carbocycles. The zero-order valence-electron chi connectivity index (χ0n) is 15.4. The van der Waals surface area contributed by atoms with Crippen LogP contribution in [0.3, 0.4) is 0 Å². The van der Waals surface area contributed by atoms with Crippen LogP contribution in [0, 0.1) is 27.7 Å². The summed E-state index contributed by atoms with van der Waals surface area (Å²) in [4.78, 5) is 21.6. The molecule has 0 spiro atoms. The standard InChI is InChI=1S/C21H22N4O/c1-13-9-14(2)11-17(10-13)24-20(26)18-7-5-6-8-19(18)25-21-22-15(3)12-16(4)23-21/h5-12H,1-4H3,(H,24,26)(H,22,23,25). The van der Waals surface area contributed by atoms with Crippen LogP contribution in [0.5, 0.6) is 0 Å². The maximum atomic E-state index is 12.8. The molecule has 0 atom stereocenters. The topological polar surface area (TPSA) is 66.9 Å². The smallest absolute Gasteiger partial charge is 0.257 e. The van der Waals surface area contributed by atoms with Crippen molar-refractivity contribution in [3.05, 3.63) is 76.6 Å². The lowest BCUT2D eigenvalue weighted by atomic mass is 10.1. The summed E-state index contributed by atoms with van der Waals surface area (Å²) < 4.78 is 0. The Bertz CT molecular complexity index is 925. The van der Waals surface area contributed by atoms with Gasteiger partial charge < -0.3 is 10.6 Å². The number of aromatic nitrogens is 2. The Hall–Kier alpha value is -3.21. The van der Waals surface area contributed by atoms with E-state index in [1.54, 1.807) is 6.07 Å². The maximum absolute atomic E-state index is 12.8. The van der Waals surface area contributed by atoms with Crippen LogP contribution in [0.25, 0.3) is 0 Å². The summed E-state index contributed by atoms with van der Waals surface area (Å²) in [6.07, 6.45) is 0. The summed E-state index contributed by atoms with van der Waals surface area (Å²) in [5.41, 5.74) is 5.94. The summed E-state index contributed by atoms with van der Waals surface area (Å²) in [5, 5.41) is 6.13. The number of amides is 1.